The van der Waals surface area contributed by atoms with Crippen molar-refractivity contribution in [2.45, 2.75) is 270 Å². The monoisotopic (exact) mass is 880 g/mol. The van der Waals surface area contributed by atoms with Gasteiger partial charge < -0.3 is 20.3 Å². The third-order valence-electron chi connectivity index (χ3n) is 11.9. The lowest BCUT2D eigenvalue weighted by Gasteiger charge is -2.24. The number of rotatable bonds is 47. The van der Waals surface area contributed by atoms with Gasteiger partial charge in [0.2, 0.25) is 5.91 Å². The third kappa shape index (κ3) is 45.7. The Bertz CT molecular complexity index is 1170. The van der Waals surface area contributed by atoms with Crippen LogP contribution in [0.4, 0.5) is 0 Å². The Balaban J connectivity index is 4.67. The zero-order chi connectivity index (χ0) is 45.9. The molecule has 3 unspecified atom stereocenters. The molecule has 0 spiro atoms. The summed E-state index contributed by atoms with van der Waals surface area (Å²) in [5.74, 6) is -0.576. The maximum Gasteiger partial charge on any atom is 0.306 e. The molecule has 0 aromatic carbocycles. The van der Waals surface area contributed by atoms with Gasteiger partial charge in [-0.3, -0.25) is 9.59 Å². The second-order valence-electron chi connectivity index (χ2n) is 18.0. The fraction of sp³-hybridized carbons (Fsp3) is 0.754. The predicted molar refractivity (Wildman–Crippen MR) is 273 cm³/mol. The number of carbonyl (C=O) groups is 2. The van der Waals surface area contributed by atoms with Crippen LogP contribution in [0.1, 0.15) is 252 Å². The van der Waals surface area contributed by atoms with Gasteiger partial charge in [0.05, 0.1) is 25.2 Å². The molecule has 0 saturated carbocycles. The van der Waals surface area contributed by atoms with Crippen molar-refractivity contribution in [3.05, 3.63) is 72.9 Å². The zero-order valence-electron chi connectivity index (χ0n) is 41.4. The molecule has 0 rings (SSSR count). The first-order valence-corrected chi connectivity index (χ1v) is 26.7. The third-order valence-corrected chi connectivity index (χ3v) is 11.9. The number of nitrogens with one attached hydrogen (secondary N) is 1. The number of esters is 1. The highest BCUT2D eigenvalue weighted by molar-refractivity contribution is 5.77. The average Bonchev–Trinajstić information content (AvgIpc) is 3.28. The zero-order valence-corrected chi connectivity index (χ0v) is 41.4. The largest absolute Gasteiger partial charge is 0.462 e. The highest BCUT2D eigenvalue weighted by Crippen LogP contribution is 2.17. The van der Waals surface area contributed by atoms with E-state index in [1.165, 1.54) is 135 Å². The Morgan fingerprint density at radius 1 is 0.476 bits per heavy atom. The van der Waals surface area contributed by atoms with Crippen molar-refractivity contribution < 1.29 is 24.5 Å². The smallest absolute Gasteiger partial charge is 0.306 e. The van der Waals surface area contributed by atoms with Crippen LogP contribution in [0.5, 0.6) is 0 Å². The van der Waals surface area contributed by atoms with Crippen LogP contribution in [-0.4, -0.2) is 46.9 Å². The van der Waals surface area contributed by atoms with Crippen LogP contribution in [0, 0.1) is 0 Å². The van der Waals surface area contributed by atoms with Crippen molar-refractivity contribution in [3.63, 3.8) is 0 Å². The molecule has 6 heteroatoms. The molecule has 0 aliphatic rings. The maximum absolute atomic E-state index is 13.2. The molecule has 0 aliphatic carbocycles. The fourth-order valence-corrected chi connectivity index (χ4v) is 7.87. The van der Waals surface area contributed by atoms with Gasteiger partial charge in [0.25, 0.3) is 0 Å². The van der Waals surface area contributed by atoms with Crippen LogP contribution >= 0.6 is 0 Å². The second-order valence-corrected chi connectivity index (χ2v) is 18.0. The Hall–Kier alpha value is -2.70. The molecule has 3 N–H and O–H groups in total. The molecule has 63 heavy (non-hydrogen) atoms. The van der Waals surface area contributed by atoms with Crippen LogP contribution < -0.4 is 5.32 Å². The molecule has 364 valence electrons. The SMILES string of the molecule is CC/C=C/C=C/C=C\C=C/C=C/CCCC(=O)OC(CCCCC/C=C/CCCCCCCCCCC)CC(=O)NC(CO)C(O)CCCCCCCCCCCCCCCCC. The first-order valence-electron chi connectivity index (χ1n) is 26.7. The molecule has 0 aromatic heterocycles. The summed E-state index contributed by atoms with van der Waals surface area (Å²) in [5.41, 5.74) is 0. The molecule has 0 aromatic rings. The summed E-state index contributed by atoms with van der Waals surface area (Å²) >= 11 is 0. The van der Waals surface area contributed by atoms with Crippen LogP contribution in [0.2, 0.25) is 0 Å². The molecular weight excluding hydrogens is 779 g/mol. The summed E-state index contributed by atoms with van der Waals surface area (Å²) in [5, 5.41) is 23.8. The summed E-state index contributed by atoms with van der Waals surface area (Å²) < 4.78 is 5.89. The summed E-state index contributed by atoms with van der Waals surface area (Å²) in [6.45, 7) is 6.33. The minimum Gasteiger partial charge on any atom is -0.462 e. The van der Waals surface area contributed by atoms with Gasteiger partial charge in [-0.25, -0.2) is 0 Å². The molecule has 0 fully saturated rings. The Morgan fingerprint density at radius 3 is 1.35 bits per heavy atom. The van der Waals surface area contributed by atoms with Gasteiger partial charge in [-0.2, -0.15) is 0 Å². The summed E-state index contributed by atoms with van der Waals surface area (Å²) in [7, 11) is 0. The highest BCUT2D eigenvalue weighted by atomic mass is 16.5. The molecule has 0 radical (unpaired) electrons. The van der Waals surface area contributed by atoms with Crippen LogP contribution in [0.15, 0.2) is 72.9 Å². The van der Waals surface area contributed by atoms with E-state index >= 15 is 0 Å². The van der Waals surface area contributed by atoms with Crippen LogP contribution in [0.25, 0.3) is 0 Å². The average molecular weight is 880 g/mol. The number of hydrogen-bond acceptors (Lipinski definition) is 5. The maximum atomic E-state index is 13.2. The molecule has 0 saturated heterocycles. The van der Waals surface area contributed by atoms with Gasteiger partial charge in [-0.1, -0.05) is 248 Å². The van der Waals surface area contributed by atoms with E-state index in [2.05, 4.69) is 44.3 Å². The highest BCUT2D eigenvalue weighted by Gasteiger charge is 2.24. The fourth-order valence-electron chi connectivity index (χ4n) is 7.87. The van der Waals surface area contributed by atoms with E-state index in [-0.39, 0.29) is 24.9 Å². The van der Waals surface area contributed by atoms with Gasteiger partial charge >= 0.3 is 5.97 Å². The van der Waals surface area contributed by atoms with E-state index in [1.807, 2.05) is 54.7 Å². The van der Waals surface area contributed by atoms with Crippen molar-refractivity contribution >= 4 is 11.9 Å². The minimum atomic E-state index is -0.806. The van der Waals surface area contributed by atoms with Crippen molar-refractivity contribution in [1.82, 2.24) is 5.32 Å². The molecule has 3 atom stereocenters. The summed E-state index contributed by atoms with van der Waals surface area (Å²) in [6, 6.07) is -0.724. The minimum absolute atomic E-state index is 0.0366. The van der Waals surface area contributed by atoms with E-state index in [1.54, 1.807) is 0 Å². The number of carbonyl (C=O) groups excluding carboxylic acids is 2. The number of aliphatic hydroxyl groups excluding tert-OH is 2. The van der Waals surface area contributed by atoms with Gasteiger partial charge in [0, 0.05) is 6.42 Å². The Kier molecular flexibility index (Phi) is 48.1. The van der Waals surface area contributed by atoms with Crippen molar-refractivity contribution in [2.24, 2.45) is 0 Å². The van der Waals surface area contributed by atoms with Crippen molar-refractivity contribution in [3.8, 4) is 0 Å². The van der Waals surface area contributed by atoms with E-state index in [9.17, 15) is 19.8 Å². The van der Waals surface area contributed by atoms with Crippen LogP contribution in [-0.2, 0) is 14.3 Å². The Labute approximate surface area is 390 Å². The number of amides is 1. The van der Waals surface area contributed by atoms with Crippen molar-refractivity contribution in [2.75, 3.05) is 6.61 Å². The molecular formula is C57H101NO5. The summed E-state index contributed by atoms with van der Waals surface area (Å²) in [4.78, 5) is 26.1. The topological polar surface area (TPSA) is 95.9 Å². The Morgan fingerprint density at radius 2 is 0.873 bits per heavy atom. The van der Waals surface area contributed by atoms with E-state index in [4.69, 9.17) is 4.74 Å². The molecule has 0 bridgehead atoms. The van der Waals surface area contributed by atoms with Crippen LogP contribution in [0.3, 0.4) is 0 Å². The first-order chi connectivity index (χ1) is 31.0. The number of unbranched alkanes of at least 4 members (excludes halogenated alkanes) is 27. The van der Waals surface area contributed by atoms with E-state index < -0.39 is 18.2 Å². The second kappa shape index (κ2) is 50.3. The lowest BCUT2D eigenvalue weighted by atomic mass is 10.0. The number of hydrogen-bond donors (Lipinski definition) is 3. The van der Waals surface area contributed by atoms with E-state index in [0.717, 1.165) is 64.2 Å². The van der Waals surface area contributed by atoms with Gasteiger partial charge in [0.15, 0.2) is 0 Å². The lowest BCUT2D eigenvalue weighted by molar-refractivity contribution is -0.151. The normalized spacial score (nSPS) is 13.8. The van der Waals surface area contributed by atoms with Gasteiger partial charge in [0.1, 0.15) is 6.10 Å². The van der Waals surface area contributed by atoms with Gasteiger partial charge in [-0.15, -0.1) is 0 Å². The molecule has 1 amide bonds. The van der Waals surface area contributed by atoms with Crippen molar-refractivity contribution in [1.29, 1.82) is 0 Å². The number of aliphatic hydroxyl groups is 2. The number of allylic oxidation sites excluding steroid dienone is 12. The van der Waals surface area contributed by atoms with Gasteiger partial charge in [-0.05, 0) is 64.2 Å². The lowest BCUT2D eigenvalue weighted by Crippen LogP contribution is -2.46. The predicted octanol–water partition coefficient (Wildman–Crippen LogP) is 16.2. The summed E-state index contributed by atoms with van der Waals surface area (Å²) in [6.07, 6.45) is 64.0. The molecule has 6 nitrogen and oxygen atoms in total. The number of ether oxygens (including phenoxy) is 1. The molecule has 0 aliphatic heterocycles. The first kappa shape index (κ1) is 60.3. The molecule has 0 heterocycles. The van der Waals surface area contributed by atoms with E-state index in [0.29, 0.717) is 25.7 Å². The quantitative estimate of drug-likeness (QED) is 0.0245. The standard InChI is InChI=1S/C57H101NO5/c1-4-7-10-13-16-19-22-25-27-29-31-33-36-39-42-45-48-53(63-57(62)50-47-44-41-38-35-30-24-21-18-15-12-9-6-3)51-56(61)58-54(52-59)55(60)49-46-43-40-37-34-32-28-26-23-20-17-14-11-8-5-2/h9,12,15,18,21,24,30-31,33,35,38,41,53-55,59-60H,4-8,10-11,13-14,16-17,19-20,22-23,25-29,32,34,36-37,39-40,42-52H2,1-3H3,(H,58,61)/b12-9+,18-15+,24-21-,33-31+,35-30-,41-38+.